The van der Waals surface area contributed by atoms with Crippen LogP contribution in [0.25, 0.3) is 0 Å². The van der Waals surface area contributed by atoms with Crippen molar-refractivity contribution in [1.29, 1.82) is 0 Å². The lowest BCUT2D eigenvalue weighted by Crippen LogP contribution is -2.63. The van der Waals surface area contributed by atoms with Crippen LogP contribution in [-0.2, 0) is 16.1 Å². The van der Waals surface area contributed by atoms with E-state index >= 15 is 0 Å². The van der Waals surface area contributed by atoms with Crippen molar-refractivity contribution in [3.8, 4) is 0 Å². The Hall–Kier alpha value is -1.07. The van der Waals surface area contributed by atoms with Crippen LogP contribution in [0.15, 0.2) is 12.1 Å². The lowest BCUT2D eigenvalue weighted by molar-refractivity contribution is -0.152. The Morgan fingerprint density at radius 3 is 2.76 bits per heavy atom. The van der Waals surface area contributed by atoms with Gasteiger partial charge in [-0.1, -0.05) is 11.6 Å². The molecule has 92 valence electrons. The van der Waals surface area contributed by atoms with E-state index in [1.54, 1.807) is 24.8 Å². The van der Waals surface area contributed by atoms with Crippen LogP contribution >= 0.6 is 22.9 Å². The summed E-state index contributed by atoms with van der Waals surface area (Å²) in [6.45, 7) is 3.99. The number of nitrogens with zero attached hydrogens (tertiary/aromatic N) is 1. The minimum Gasteiger partial charge on any atom is -0.345 e. The van der Waals surface area contributed by atoms with E-state index in [-0.39, 0.29) is 18.4 Å². The maximum absolute atomic E-state index is 11.8. The number of hydrogen-bond acceptors (Lipinski definition) is 3. The molecule has 2 amide bonds. The highest BCUT2D eigenvalue weighted by molar-refractivity contribution is 7.16. The molecule has 0 unspecified atom stereocenters. The SMILES string of the molecule is CC1(C)C(=O)NCC(=O)N1Cc1ccc(Cl)s1. The first kappa shape index (κ1) is 12.4. The molecule has 6 heteroatoms. The fourth-order valence-corrected chi connectivity index (χ4v) is 2.86. The molecule has 0 aliphatic carbocycles. The largest absolute Gasteiger partial charge is 0.345 e. The van der Waals surface area contributed by atoms with Crippen molar-refractivity contribution in [3.05, 3.63) is 21.3 Å². The second-order valence-corrected chi connectivity index (χ2v) is 6.23. The van der Waals surface area contributed by atoms with Gasteiger partial charge >= 0.3 is 0 Å². The minimum atomic E-state index is -0.814. The van der Waals surface area contributed by atoms with Gasteiger partial charge in [0.15, 0.2) is 0 Å². The number of piperazine rings is 1. The van der Waals surface area contributed by atoms with Gasteiger partial charge in [-0.25, -0.2) is 0 Å². The molecule has 1 aromatic heterocycles. The van der Waals surface area contributed by atoms with Crippen LogP contribution in [0.5, 0.6) is 0 Å². The predicted octanol–water partition coefficient (Wildman–Crippen LogP) is 1.64. The average Bonchev–Trinajstić information content (AvgIpc) is 2.66. The standard InChI is InChI=1S/C11H13ClN2O2S/c1-11(2)10(16)13-5-9(15)14(11)6-7-3-4-8(12)17-7/h3-4H,5-6H2,1-2H3,(H,13,16). The zero-order chi connectivity index (χ0) is 12.6. The van der Waals surface area contributed by atoms with Gasteiger partial charge in [-0.05, 0) is 26.0 Å². The molecule has 2 heterocycles. The topological polar surface area (TPSA) is 49.4 Å². The summed E-state index contributed by atoms with van der Waals surface area (Å²) in [5.41, 5.74) is -0.814. The summed E-state index contributed by atoms with van der Waals surface area (Å²) in [4.78, 5) is 26.2. The second kappa shape index (κ2) is 4.31. The summed E-state index contributed by atoms with van der Waals surface area (Å²) in [7, 11) is 0. The molecule has 0 bridgehead atoms. The zero-order valence-corrected chi connectivity index (χ0v) is 11.2. The maximum atomic E-state index is 11.8. The Kier molecular flexibility index (Phi) is 3.14. The first-order valence-electron chi connectivity index (χ1n) is 5.24. The molecular weight excluding hydrogens is 260 g/mol. The molecular formula is C11H13ClN2O2S. The van der Waals surface area contributed by atoms with Crippen molar-refractivity contribution in [2.75, 3.05) is 6.54 Å². The molecule has 0 spiro atoms. The summed E-state index contributed by atoms with van der Waals surface area (Å²) in [5, 5.41) is 2.59. The molecule has 1 aliphatic heterocycles. The molecule has 0 saturated carbocycles. The smallest absolute Gasteiger partial charge is 0.245 e. The highest BCUT2D eigenvalue weighted by atomic mass is 35.5. The van der Waals surface area contributed by atoms with Gasteiger partial charge in [-0.15, -0.1) is 11.3 Å². The molecule has 1 aliphatic rings. The third-order valence-electron chi connectivity index (χ3n) is 2.87. The Balaban J connectivity index is 2.22. The van der Waals surface area contributed by atoms with Gasteiger partial charge in [0.25, 0.3) is 0 Å². The van der Waals surface area contributed by atoms with Gasteiger partial charge in [0.2, 0.25) is 11.8 Å². The molecule has 0 atom stereocenters. The molecule has 0 radical (unpaired) electrons. The number of halogens is 1. The molecule has 4 nitrogen and oxygen atoms in total. The first-order valence-corrected chi connectivity index (χ1v) is 6.43. The van der Waals surface area contributed by atoms with Gasteiger partial charge in [-0.2, -0.15) is 0 Å². The Morgan fingerprint density at radius 1 is 1.47 bits per heavy atom. The van der Waals surface area contributed by atoms with Gasteiger partial charge < -0.3 is 10.2 Å². The van der Waals surface area contributed by atoms with Crippen molar-refractivity contribution in [1.82, 2.24) is 10.2 Å². The number of amides is 2. The lowest BCUT2D eigenvalue weighted by Gasteiger charge is -2.40. The lowest BCUT2D eigenvalue weighted by atomic mass is 9.98. The predicted molar refractivity (Wildman–Crippen MR) is 67.0 cm³/mol. The molecule has 1 saturated heterocycles. The molecule has 2 rings (SSSR count). The Labute approximate surface area is 109 Å². The molecule has 0 aromatic carbocycles. The quantitative estimate of drug-likeness (QED) is 0.890. The van der Waals surface area contributed by atoms with Crippen molar-refractivity contribution in [2.24, 2.45) is 0 Å². The van der Waals surface area contributed by atoms with E-state index in [9.17, 15) is 9.59 Å². The highest BCUT2D eigenvalue weighted by Crippen LogP contribution is 2.27. The van der Waals surface area contributed by atoms with Crippen LogP contribution in [0, 0.1) is 0 Å². The number of nitrogens with one attached hydrogen (secondary N) is 1. The Bertz CT molecular complexity index is 470. The van der Waals surface area contributed by atoms with Gasteiger partial charge in [0, 0.05) is 4.88 Å². The van der Waals surface area contributed by atoms with E-state index < -0.39 is 5.54 Å². The van der Waals surface area contributed by atoms with E-state index in [1.165, 1.54) is 11.3 Å². The van der Waals surface area contributed by atoms with Crippen LogP contribution in [0.3, 0.4) is 0 Å². The van der Waals surface area contributed by atoms with Crippen LogP contribution in [0.1, 0.15) is 18.7 Å². The van der Waals surface area contributed by atoms with Crippen LogP contribution in [0.2, 0.25) is 4.34 Å². The number of carbonyl (C=O) groups excluding carboxylic acids is 2. The fourth-order valence-electron chi connectivity index (χ4n) is 1.78. The van der Waals surface area contributed by atoms with Crippen LogP contribution in [0.4, 0.5) is 0 Å². The molecule has 1 aromatic rings. The van der Waals surface area contributed by atoms with E-state index in [0.717, 1.165) is 4.88 Å². The summed E-state index contributed by atoms with van der Waals surface area (Å²) in [6.07, 6.45) is 0. The Morgan fingerprint density at radius 2 is 2.18 bits per heavy atom. The van der Waals surface area contributed by atoms with Crippen LogP contribution < -0.4 is 5.32 Å². The van der Waals surface area contributed by atoms with E-state index in [4.69, 9.17) is 11.6 Å². The van der Waals surface area contributed by atoms with Crippen molar-refractivity contribution >= 4 is 34.8 Å². The summed E-state index contributed by atoms with van der Waals surface area (Å²) in [5.74, 6) is -0.195. The third kappa shape index (κ3) is 2.30. The molecule has 1 fully saturated rings. The van der Waals surface area contributed by atoms with E-state index in [0.29, 0.717) is 10.9 Å². The van der Waals surface area contributed by atoms with E-state index in [1.807, 2.05) is 6.07 Å². The molecule has 1 N–H and O–H groups in total. The molecule has 17 heavy (non-hydrogen) atoms. The number of hydrogen-bond donors (Lipinski definition) is 1. The number of carbonyl (C=O) groups is 2. The van der Waals surface area contributed by atoms with Crippen molar-refractivity contribution in [3.63, 3.8) is 0 Å². The zero-order valence-electron chi connectivity index (χ0n) is 9.62. The minimum absolute atomic E-state index is 0.0703. The summed E-state index contributed by atoms with van der Waals surface area (Å²) in [6, 6.07) is 3.67. The first-order chi connectivity index (χ1) is 7.91. The number of thiophene rings is 1. The second-order valence-electron chi connectivity index (χ2n) is 4.43. The van der Waals surface area contributed by atoms with Crippen molar-refractivity contribution < 1.29 is 9.59 Å². The number of rotatable bonds is 2. The summed E-state index contributed by atoms with van der Waals surface area (Å²) < 4.78 is 0.687. The van der Waals surface area contributed by atoms with Crippen molar-refractivity contribution in [2.45, 2.75) is 25.9 Å². The normalized spacial score (nSPS) is 19.4. The summed E-state index contributed by atoms with van der Waals surface area (Å²) >= 11 is 7.28. The van der Waals surface area contributed by atoms with Crippen LogP contribution in [-0.4, -0.2) is 28.8 Å². The van der Waals surface area contributed by atoms with Gasteiger partial charge in [-0.3, -0.25) is 9.59 Å². The fraction of sp³-hybridized carbons (Fsp3) is 0.455. The monoisotopic (exact) mass is 272 g/mol. The van der Waals surface area contributed by atoms with E-state index in [2.05, 4.69) is 5.32 Å². The van der Waals surface area contributed by atoms with Gasteiger partial charge in [0.1, 0.15) is 5.54 Å². The average molecular weight is 273 g/mol. The highest BCUT2D eigenvalue weighted by Gasteiger charge is 2.41. The maximum Gasteiger partial charge on any atom is 0.245 e. The van der Waals surface area contributed by atoms with Gasteiger partial charge in [0.05, 0.1) is 17.4 Å². The third-order valence-corrected chi connectivity index (χ3v) is 4.09.